The van der Waals surface area contributed by atoms with Crippen molar-refractivity contribution in [2.45, 2.75) is 38.3 Å². The van der Waals surface area contributed by atoms with Crippen LogP contribution in [0.5, 0.6) is 0 Å². The minimum Gasteiger partial charge on any atom is -0.396 e. The lowest BCUT2D eigenvalue weighted by Crippen LogP contribution is -2.54. The van der Waals surface area contributed by atoms with E-state index in [9.17, 15) is 0 Å². The molecule has 1 aromatic rings. The summed E-state index contributed by atoms with van der Waals surface area (Å²) in [5.74, 6) is 0. The molecule has 2 rings (SSSR count). The normalized spacial score (nSPS) is 22.9. The standard InChI is InChI=1S/C16H24ClNO2/c1-16(2)12-20-15(11-18(16)9-5-6-10-19)13-7-3-4-8-14(13)17/h3-4,7-8,15,19H,5-6,9-12H2,1-2H3. The monoisotopic (exact) mass is 297 g/mol. The van der Waals surface area contributed by atoms with Gasteiger partial charge in [0.05, 0.1) is 12.7 Å². The molecule has 0 aliphatic carbocycles. The molecule has 0 bridgehead atoms. The molecule has 20 heavy (non-hydrogen) atoms. The van der Waals surface area contributed by atoms with Gasteiger partial charge in [-0.1, -0.05) is 29.8 Å². The lowest BCUT2D eigenvalue weighted by Gasteiger charge is -2.45. The number of benzene rings is 1. The van der Waals surface area contributed by atoms with Crippen molar-refractivity contribution in [2.24, 2.45) is 0 Å². The highest BCUT2D eigenvalue weighted by molar-refractivity contribution is 6.31. The Bertz CT molecular complexity index is 436. The minimum absolute atomic E-state index is 0.0332. The number of hydrogen-bond donors (Lipinski definition) is 1. The van der Waals surface area contributed by atoms with E-state index in [0.29, 0.717) is 6.61 Å². The first-order valence-electron chi connectivity index (χ1n) is 7.26. The van der Waals surface area contributed by atoms with E-state index in [0.717, 1.165) is 36.5 Å². The van der Waals surface area contributed by atoms with Gasteiger partial charge in [0, 0.05) is 29.3 Å². The van der Waals surface area contributed by atoms with Crippen LogP contribution in [0.2, 0.25) is 5.02 Å². The molecule has 0 aromatic heterocycles. The average Bonchev–Trinajstić information content (AvgIpc) is 2.42. The molecule has 1 heterocycles. The minimum atomic E-state index is 0.0332. The Morgan fingerprint density at radius 1 is 1.35 bits per heavy atom. The largest absolute Gasteiger partial charge is 0.396 e. The number of morpholine rings is 1. The molecule has 0 saturated carbocycles. The van der Waals surface area contributed by atoms with Crippen molar-refractivity contribution >= 4 is 11.6 Å². The Hall–Kier alpha value is -0.610. The number of aliphatic hydroxyl groups is 1. The van der Waals surface area contributed by atoms with Crippen molar-refractivity contribution < 1.29 is 9.84 Å². The van der Waals surface area contributed by atoms with Crippen LogP contribution < -0.4 is 0 Å². The highest BCUT2D eigenvalue weighted by atomic mass is 35.5. The van der Waals surface area contributed by atoms with Gasteiger partial charge in [-0.3, -0.25) is 4.90 Å². The smallest absolute Gasteiger partial charge is 0.0967 e. The van der Waals surface area contributed by atoms with E-state index in [1.807, 2.05) is 24.3 Å². The molecule has 1 aliphatic heterocycles. The molecule has 1 aromatic carbocycles. The van der Waals surface area contributed by atoms with Gasteiger partial charge in [0.25, 0.3) is 0 Å². The van der Waals surface area contributed by atoms with Gasteiger partial charge in [-0.05, 0) is 39.3 Å². The van der Waals surface area contributed by atoms with E-state index in [1.54, 1.807) is 0 Å². The number of nitrogens with zero attached hydrogens (tertiary/aromatic N) is 1. The van der Waals surface area contributed by atoms with Crippen molar-refractivity contribution in [1.82, 2.24) is 4.90 Å². The summed E-state index contributed by atoms with van der Waals surface area (Å²) in [6.07, 6.45) is 1.89. The second-order valence-electron chi connectivity index (χ2n) is 6.01. The first kappa shape index (κ1) is 15.8. The summed E-state index contributed by atoms with van der Waals surface area (Å²) < 4.78 is 6.02. The van der Waals surface area contributed by atoms with Crippen LogP contribution in [0, 0.1) is 0 Å². The fourth-order valence-electron chi connectivity index (χ4n) is 2.63. The Balaban J connectivity index is 2.06. The number of hydrogen-bond acceptors (Lipinski definition) is 3. The van der Waals surface area contributed by atoms with Gasteiger partial charge in [-0.15, -0.1) is 0 Å². The molecule has 1 aliphatic rings. The number of unbranched alkanes of at least 4 members (excludes halogenated alkanes) is 1. The van der Waals surface area contributed by atoms with E-state index in [1.165, 1.54) is 0 Å². The molecule has 1 N–H and O–H groups in total. The Morgan fingerprint density at radius 3 is 2.80 bits per heavy atom. The third-order valence-corrected chi connectivity index (χ3v) is 4.31. The number of halogens is 1. The van der Waals surface area contributed by atoms with Gasteiger partial charge in [-0.25, -0.2) is 0 Å². The van der Waals surface area contributed by atoms with Crippen LogP contribution in [0.15, 0.2) is 24.3 Å². The van der Waals surface area contributed by atoms with E-state index >= 15 is 0 Å². The molecule has 4 heteroatoms. The highest BCUT2D eigenvalue weighted by Gasteiger charge is 2.35. The second-order valence-corrected chi connectivity index (χ2v) is 6.42. The van der Waals surface area contributed by atoms with Crippen molar-refractivity contribution in [3.8, 4) is 0 Å². The maximum absolute atomic E-state index is 8.93. The Labute approximate surface area is 126 Å². The molecule has 1 unspecified atom stereocenters. The van der Waals surface area contributed by atoms with Crippen molar-refractivity contribution in [2.75, 3.05) is 26.3 Å². The zero-order valence-corrected chi connectivity index (χ0v) is 13.1. The first-order chi connectivity index (χ1) is 9.54. The third-order valence-electron chi connectivity index (χ3n) is 3.97. The lowest BCUT2D eigenvalue weighted by molar-refractivity contribution is -0.101. The summed E-state index contributed by atoms with van der Waals surface area (Å²) in [5.41, 5.74) is 1.10. The Morgan fingerprint density at radius 2 is 2.10 bits per heavy atom. The number of aliphatic hydroxyl groups excluding tert-OH is 1. The molecule has 0 spiro atoms. The fourth-order valence-corrected chi connectivity index (χ4v) is 2.89. The van der Waals surface area contributed by atoms with Crippen LogP contribution in [-0.2, 0) is 4.74 Å². The number of ether oxygens (including phenoxy) is 1. The summed E-state index contributed by atoms with van der Waals surface area (Å²) in [5, 5.41) is 9.70. The van der Waals surface area contributed by atoms with E-state index < -0.39 is 0 Å². The van der Waals surface area contributed by atoms with Crippen molar-refractivity contribution in [3.05, 3.63) is 34.9 Å². The maximum atomic E-state index is 8.93. The van der Waals surface area contributed by atoms with Gasteiger partial charge < -0.3 is 9.84 Å². The molecule has 0 radical (unpaired) electrons. The SMILES string of the molecule is CC1(C)COC(c2ccccc2Cl)CN1CCCCO. The third kappa shape index (κ3) is 3.73. The van der Waals surface area contributed by atoms with Gasteiger partial charge in [0.15, 0.2) is 0 Å². The fraction of sp³-hybridized carbons (Fsp3) is 0.625. The molecular formula is C16H24ClNO2. The highest BCUT2D eigenvalue weighted by Crippen LogP contribution is 2.33. The van der Waals surface area contributed by atoms with Gasteiger partial charge >= 0.3 is 0 Å². The summed E-state index contributed by atoms with van der Waals surface area (Å²) in [6.45, 7) is 7.20. The van der Waals surface area contributed by atoms with Crippen LogP contribution in [0.4, 0.5) is 0 Å². The zero-order chi connectivity index (χ0) is 14.6. The van der Waals surface area contributed by atoms with Crippen LogP contribution >= 0.6 is 11.6 Å². The zero-order valence-electron chi connectivity index (χ0n) is 12.3. The summed E-state index contributed by atoms with van der Waals surface area (Å²) >= 11 is 6.27. The molecule has 3 nitrogen and oxygen atoms in total. The predicted octanol–water partition coefficient (Wildman–Crippen LogP) is 3.26. The van der Waals surface area contributed by atoms with Gasteiger partial charge in [0.2, 0.25) is 0 Å². The van der Waals surface area contributed by atoms with Crippen LogP contribution in [0.1, 0.15) is 38.4 Å². The maximum Gasteiger partial charge on any atom is 0.0967 e. The summed E-state index contributed by atoms with van der Waals surface area (Å²) in [6, 6.07) is 7.89. The average molecular weight is 298 g/mol. The topological polar surface area (TPSA) is 32.7 Å². The quantitative estimate of drug-likeness (QED) is 0.847. The van der Waals surface area contributed by atoms with Crippen LogP contribution in [-0.4, -0.2) is 41.8 Å². The lowest BCUT2D eigenvalue weighted by atomic mass is 9.97. The van der Waals surface area contributed by atoms with Gasteiger partial charge in [0.1, 0.15) is 0 Å². The second kappa shape index (κ2) is 6.90. The van der Waals surface area contributed by atoms with Crippen molar-refractivity contribution in [1.29, 1.82) is 0 Å². The summed E-state index contributed by atoms with van der Waals surface area (Å²) in [4.78, 5) is 2.44. The Kier molecular flexibility index (Phi) is 5.44. The summed E-state index contributed by atoms with van der Waals surface area (Å²) in [7, 11) is 0. The number of rotatable bonds is 5. The van der Waals surface area contributed by atoms with E-state index in [-0.39, 0.29) is 18.2 Å². The van der Waals surface area contributed by atoms with Gasteiger partial charge in [-0.2, -0.15) is 0 Å². The predicted molar refractivity (Wildman–Crippen MR) is 82.1 cm³/mol. The molecule has 0 amide bonds. The molecule has 1 atom stereocenters. The van der Waals surface area contributed by atoms with E-state index in [4.69, 9.17) is 21.4 Å². The van der Waals surface area contributed by atoms with Crippen LogP contribution in [0.3, 0.4) is 0 Å². The molecule has 1 fully saturated rings. The van der Waals surface area contributed by atoms with Crippen LogP contribution in [0.25, 0.3) is 0 Å². The first-order valence-corrected chi connectivity index (χ1v) is 7.64. The molecular weight excluding hydrogens is 274 g/mol. The molecule has 112 valence electrons. The molecule has 1 saturated heterocycles. The van der Waals surface area contributed by atoms with E-state index in [2.05, 4.69) is 18.7 Å². The van der Waals surface area contributed by atoms with Crippen molar-refractivity contribution in [3.63, 3.8) is 0 Å².